The van der Waals surface area contributed by atoms with Crippen LogP contribution in [0.25, 0.3) is 0 Å². The molecule has 1 amide bonds. The van der Waals surface area contributed by atoms with Gasteiger partial charge in [-0.2, -0.15) is 0 Å². The van der Waals surface area contributed by atoms with Gasteiger partial charge in [-0.05, 0) is 67.6 Å². The Morgan fingerprint density at radius 1 is 1.20 bits per heavy atom. The summed E-state index contributed by atoms with van der Waals surface area (Å²) in [6.45, 7) is 7.03. The lowest BCUT2D eigenvalue weighted by atomic mass is 10.1. The van der Waals surface area contributed by atoms with Gasteiger partial charge in [0, 0.05) is 30.9 Å². The van der Waals surface area contributed by atoms with Gasteiger partial charge in [-0.3, -0.25) is 4.79 Å². The molecule has 0 bridgehead atoms. The number of hydrogen-bond acceptors (Lipinski definition) is 3. The fourth-order valence-electron chi connectivity index (χ4n) is 3.26. The second-order valence-electron chi connectivity index (χ2n) is 6.81. The van der Waals surface area contributed by atoms with Gasteiger partial charge in [0.15, 0.2) is 0 Å². The lowest BCUT2D eigenvalue weighted by Crippen LogP contribution is -2.31. The van der Waals surface area contributed by atoms with Gasteiger partial charge in [-0.15, -0.1) is 0 Å². The van der Waals surface area contributed by atoms with Crippen LogP contribution < -0.4 is 15.0 Å². The third kappa shape index (κ3) is 4.13. The second kappa shape index (κ2) is 7.60. The summed E-state index contributed by atoms with van der Waals surface area (Å²) in [4.78, 5) is 14.7. The molecule has 0 aromatic heterocycles. The molecule has 1 atom stereocenters. The summed E-state index contributed by atoms with van der Waals surface area (Å²) in [7, 11) is 1.61. The molecule has 2 aromatic rings. The first-order valence-electron chi connectivity index (χ1n) is 8.81. The van der Waals surface area contributed by atoms with E-state index in [1.807, 2.05) is 18.2 Å². The van der Waals surface area contributed by atoms with Gasteiger partial charge >= 0.3 is 0 Å². The summed E-state index contributed by atoms with van der Waals surface area (Å²) in [5.41, 5.74) is 4.57. The SMILES string of the molecule is COc1cccc(C(=O)NCC2CCN(c3ccc(C)c(C)c3)C2)c1. The van der Waals surface area contributed by atoms with E-state index in [-0.39, 0.29) is 5.91 Å². The number of ether oxygens (including phenoxy) is 1. The number of aryl methyl sites for hydroxylation is 2. The number of nitrogens with one attached hydrogen (secondary N) is 1. The fourth-order valence-corrected chi connectivity index (χ4v) is 3.26. The molecule has 1 N–H and O–H groups in total. The summed E-state index contributed by atoms with van der Waals surface area (Å²) in [5, 5.41) is 3.06. The van der Waals surface area contributed by atoms with Gasteiger partial charge in [0.05, 0.1) is 7.11 Å². The minimum Gasteiger partial charge on any atom is -0.497 e. The molecule has 2 aromatic carbocycles. The first-order valence-corrected chi connectivity index (χ1v) is 8.81. The number of carbonyl (C=O) groups excluding carboxylic acids is 1. The number of benzene rings is 2. The minimum atomic E-state index is -0.0384. The van der Waals surface area contributed by atoms with Gasteiger partial charge in [0.2, 0.25) is 0 Å². The quantitative estimate of drug-likeness (QED) is 0.906. The highest BCUT2D eigenvalue weighted by Crippen LogP contribution is 2.25. The molecule has 25 heavy (non-hydrogen) atoms. The Bertz CT molecular complexity index is 757. The molecular formula is C21H26N2O2. The Hall–Kier alpha value is -2.49. The molecule has 0 spiro atoms. The average Bonchev–Trinajstić information content (AvgIpc) is 3.11. The van der Waals surface area contributed by atoms with E-state index in [4.69, 9.17) is 4.74 Å². The normalized spacial score (nSPS) is 16.8. The molecule has 4 nitrogen and oxygen atoms in total. The second-order valence-corrected chi connectivity index (χ2v) is 6.81. The van der Waals surface area contributed by atoms with Gasteiger partial charge in [0.1, 0.15) is 5.75 Å². The molecule has 1 unspecified atom stereocenters. The number of anilines is 1. The Kier molecular flexibility index (Phi) is 5.27. The van der Waals surface area contributed by atoms with Crippen molar-refractivity contribution in [3.63, 3.8) is 0 Å². The predicted octanol–water partition coefficient (Wildman–Crippen LogP) is 3.57. The van der Waals surface area contributed by atoms with Crippen molar-refractivity contribution in [2.24, 2.45) is 5.92 Å². The lowest BCUT2D eigenvalue weighted by Gasteiger charge is -2.20. The molecule has 3 rings (SSSR count). The molecule has 1 saturated heterocycles. The highest BCUT2D eigenvalue weighted by Gasteiger charge is 2.23. The van der Waals surface area contributed by atoms with E-state index in [2.05, 4.69) is 42.3 Å². The molecule has 0 saturated carbocycles. The van der Waals surface area contributed by atoms with Crippen molar-refractivity contribution in [2.45, 2.75) is 20.3 Å². The Balaban J connectivity index is 1.54. The maximum absolute atomic E-state index is 12.3. The molecule has 1 aliphatic heterocycles. The van der Waals surface area contributed by atoms with Crippen LogP contribution in [-0.4, -0.2) is 32.7 Å². The zero-order valence-electron chi connectivity index (χ0n) is 15.2. The Labute approximate surface area is 149 Å². The van der Waals surface area contributed by atoms with Crippen molar-refractivity contribution >= 4 is 11.6 Å². The number of amides is 1. The highest BCUT2D eigenvalue weighted by atomic mass is 16.5. The number of carbonyl (C=O) groups is 1. The maximum Gasteiger partial charge on any atom is 0.251 e. The molecule has 0 radical (unpaired) electrons. The topological polar surface area (TPSA) is 41.6 Å². The van der Waals surface area contributed by atoms with E-state index in [1.54, 1.807) is 13.2 Å². The molecule has 0 aliphatic carbocycles. The van der Waals surface area contributed by atoms with E-state index < -0.39 is 0 Å². The zero-order chi connectivity index (χ0) is 17.8. The Morgan fingerprint density at radius 3 is 2.80 bits per heavy atom. The van der Waals surface area contributed by atoms with E-state index >= 15 is 0 Å². The number of rotatable bonds is 5. The van der Waals surface area contributed by atoms with Crippen molar-refractivity contribution in [3.05, 3.63) is 59.2 Å². The largest absolute Gasteiger partial charge is 0.497 e. The summed E-state index contributed by atoms with van der Waals surface area (Å²) in [6.07, 6.45) is 1.10. The summed E-state index contributed by atoms with van der Waals surface area (Å²) in [5.74, 6) is 1.15. The summed E-state index contributed by atoms with van der Waals surface area (Å²) in [6, 6.07) is 13.9. The Morgan fingerprint density at radius 2 is 2.04 bits per heavy atom. The third-order valence-electron chi connectivity index (χ3n) is 5.02. The lowest BCUT2D eigenvalue weighted by molar-refractivity contribution is 0.0948. The van der Waals surface area contributed by atoms with Crippen LogP contribution in [-0.2, 0) is 0 Å². The van der Waals surface area contributed by atoms with Gasteiger partial charge in [-0.25, -0.2) is 0 Å². The standard InChI is InChI=1S/C21H26N2O2/c1-15-7-8-19(11-16(15)2)23-10-9-17(14-23)13-22-21(24)18-5-4-6-20(12-18)25-3/h4-8,11-12,17H,9-10,13-14H2,1-3H3,(H,22,24). The van der Waals surface area contributed by atoms with E-state index in [0.717, 1.165) is 19.5 Å². The van der Waals surface area contributed by atoms with Crippen LogP contribution in [0.1, 0.15) is 27.9 Å². The summed E-state index contributed by atoms with van der Waals surface area (Å²) >= 11 is 0. The van der Waals surface area contributed by atoms with Crippen molar-refractivity contribution in [3.8, 4) is 5.75 Å². The van der Waals surface area contributed by atoms with Crippen LogP contribution in [0.4, 0.5) is 5.69 Å². The number of hydrogen-bond donors (Lipinski definition) is 1. The zero-order valence-corrected chi connectivity index (χ0v) is 15.2. The predicted molar refractivity (Wildman–Crippen MR) is 102 cm³/mol. The number of nitrogens with zero attached hydrogens (tertiary/aromatic N) is 1. The highest BCUT2D eigenvalue weighted by molar-refractivity contribution is 5.94. The van der Waals surface area contributed by atoms with Crippen molar-refractivity contribution < 1.29 is 9.53 Å². The first kappa shape index (κ1) is 17.3. The summed E-state index contributed by atoms with van der Waals surface area (Å²) < 4.78 is 5.18. The average molecular weight is 338 g/mol. The molecule has 132 valence electrons. The molecular weight excluding hydrogens is 312 g/mol. The van der Waals surface area contributed by atoms with Gasteiger partial charge in [-0.1, -0.05) is 12.1 Å². The van der Waals surface area contributed by atoms with Crippen LogP contribution in [0.3, 0.4) is 0 Å². The number of methoxy groups -OCH3 is 1. The van der Waals surface area contributed by atoms with Gasteiger partial charge in [0.25, 0.3) is 5.91 Å². The van der Waals surface area contributed by atoms with Gasteiger partial charge < -0.3 is 15.0 Å². The van der Waals surface area contributed by atoms with Crippen LogP contribution in [0, 0.1) is 19.8 Å². The van der Waals surface area contributed by atoms with Crippen LogP contribution in [0.15, 0.2) is 42.5 Å². The smallest absolute Gasteiger partial charge is 0.251 e. The first-order chi connectivity index (χ1) is 12.1. The van der Waals surface area contributed by atoms with Crippen LogP contribution >= 0.6 is 0 Å². The monoisotopic (exact) mass is 338 g/mol. The molecule has 1 aliphatic rings. The van der Waals surface area contributed by atoms with E-state index in [0.29, 0.717) is 23.8 Å². The minimum absolute atomic E-state index is 0.0384. The maximum atomic E-state index is 12.3. The van der Waals surface area contributed by atoms with Crippen LogP contribution in [0.5, 0.6) is 5.75 Å². The molecule has 1 heterocycles. The fraction of sp³-hybridized carbons (Fsp3) is 0.381. The van der Waals surface area contributed by atoms with Crippen molar-refractivity contribution in [1.29, 1.82) is 0 Å². The third-order valence-corrected chi connectivity index (χ3v) is 5.02. The van der Waals surface area contributed by atoms with E-state index in [9.17, 15) is 4.79 Å². The molecule has 1 fully saturated rings. The van der Waals surface area contributed by atoms with Crippen LogP contribution in [0.2, 0.25) is 0 Å². The molecule has 4 heteroatoms. The van der Waals surface area contributed by atoms with Crippen molar-refractivity contribution in [1.82, 2.24) is 5.32 Å². The van der Waals surface area contributed by atoms with E-state index in [1.165, 1.54) is 16.8 Å². The van der Waals surface area contributed by atoms with Crippen molar-refractivity contribution in [2.75, 3.05) is 31.6 Å².